The van der Waals surface area contributed by atoms with E-state index in [2.05, 4.69) is 4.98 Å². The lowest BCUT2D eigenvalue weighted by Crippen LogP contribution is -2.29. The van der Waals surface area contributed by atoms with Crippen molar-refractivity contribution < 1.29 is 23.8 Å². The summed E-state index contributed by atoms with van der Waals surface area (Å²) in [4.78, 5) is 31.4. The molecule has 0 spiro atoms. The van der Waals surface area contributed by atoms with Gasteiger partial charge in [-0.1, -0.05) is 42.5 Å². The molecule has 6 nitrogen and oxygen atoms in total. The first-order valence-electron chi connectivity index (χ1n) is 11.1. The van der Waals surface area contributed by atoms with Crippen molar-refractivity contribution in [2.45, 2.75) is 19.5 Å². The lowest BCUT2D eigenvalue weighted by Gasteiger charge is -2.26. The number of H-pyrrole nitrogens is 1. The van der Waals surface area contributed by atoms with Crippen LogP contribution in [0.15, 0.2) is 78.4 Å². The highest BCUT2D eigenvalue weighted by Gasteiger charge is 2.47. The van der Waals surface area contributed by atoms with E-state index in [-0.39, 0.29) is 17.9 Å². The molecule has 5 rings (SSSR count). The first-order chi connectivity index (χ1) is 16.9. The van der Waals surface area contributed by atoms with Crippen molar-refractivity contribution in [3.63, 3.8) is 0 Å². The van der Waals surface area contributed by atoms with Gasteiger partial charge in [0.15, 0.2) is 0 Å². The summed E-state index contributed by atoms with van der Waals surface area (Å²) in [7, 11) is 1.51. The van der Waals surface area contributed by atoms with E-state index < -0.39 is 23.5 Å². The molecule has 1 aliphatic heterocycles. The van der Waals surface area contributed by atoms with Crippen LogP contribution in [-0.2, 0) is 16.1 Å². The smallest absolute Gasteiger partial charge is 0.295 e. The normalized spacial score (nSPS) is 17.3. The Balaban J connectivity index is 1.73. The van der Waals surface area contributed by atoms with Gasteiger partial charge >= 0.3 is 0 Å². The van der Waals surface area contributed by atoms with E-state index in [1.54, 1.807) is 36.4 Å². The summed E-state index contributed by atoms with van der Waals surface area (Å²) in [6, 6.07) is 19.3. The Morgan fingerprint density at radius 3 is 2.54 bits per heavy atom. The van der Waals surface area contributed by atoms with E-state index in [4.69, 9.17) is 4.74 Å². The number of carbonyl (C=O) groups is 2. The number of aliphatic hydroxyl groups is 1. The largest absolute Gasteiger partial charge is 0.507 e. The number of ketones is 1. The number of hydrogen-bond donors (Lipinski definition) is 2. The fourth-order valence-electron chi connectivity index (χ4n) is 4.71. The van der Waals surface area contributed by atoms with Gasteiger partial charge in [0.1, 0.15) is 17.3 Å². The van der Waals surface area contributed by atoms with Crippen molar-refractivity contribution in [1.29, 1.82) is 0 Å². The average Bonchev–Trinajstić information content (AvgIpc) is 3.32. The number of carbonyl (C=O) groups excluding carboxylic acids is 2. The van der Waals surface area contributed by atoms with Gasteiger partial charge in [0, 0.05) is 34.3 Å². The zero-order valence-corrected chi connectivity index (χ0v) is 19.2. The number of benzene rings is 3. The van der Waals surface area contributed by atoms with Crippen molar-refractivity contribution >= 4 is 28.4 Å². The maximum atomic E-state index is 13.5. The number of nitrogens with zero attached hydrogens (tertiary/aromatic N) is 1. The predicted octanol–water partition coefficient (Wildman–Crippen LogP) is 5.25. The van der Waals surface area contributed by atoms with E-state index in [9.17, 15) is 19.1 Å². The predicted molar refractivity (Wildman–Crippen MR) is 130 cm³/mol. The second-order valence-electron chi connectivity index (χ2n) is 8.49. The van der Waals surface area contributed by atoms with Crippen molar-refractivity contribution in [2.75, 3.05) is 7.11 Å². The Morgan fingerprint density at radius 1 is 1.06 bits per heavy atom. The maximum absolute atomic E-state index is 13.5. The Hall–Kier alpha value is -4.39. The van der Waals surface area contributed by atoms with Crippen molar-refractivity contribution in [3.8, 4) is 5.75 Å². The van der Waals surface area contributed by atoms with Crippen LogP contribution in [0.25, 0.3) is 16.7 Å². The molecule has 2 heterocycles. The van der Waals surface area contributed by atoms with Gasteiger partial charge in [0.25, 0.3) is 11.7 Å². The number of amides is 1. The van der Waals surface area contributed by atoms with E-state index in [0.29, 0.717) is 16.9 Å². The average molecular weight is 471 g/mol. The lowest BCUT2D eigenvalue weighted by molar-refractivity contribution is -0.140. The molecular weight excluding hydrogens is 447 g/mol. The van der Waals surface area contributed by atoms with Crippen LogP contribution in [-0.4, -0.2) is 33.8 Å². The number of nitrogens with one attached hydrogen (secondary N) is 1. The van der Waals surface area contributed by atoms with E-state index in [0.717, 1.165) is 22.2 Å². The van der Waals surface area contributed by atoms with Crippen LogP contribution in [0.1, 0.15) is 28.4 Å². The lowest BCUT2D eigenvalue weighted by atomic mass is 9.93. The molecule has 4 aromatic rings. The molecule has 1 atom stereocenters. The molecule has 0 radical (unpaired) electrons. The van der Waals surface area contributed by atoms with Gasteiger partial charge in [0.2, 0.25) is 0 Å². The summed E-state index contributed by atoms with van der Waals surface area (Å²) in [5, 5.41) is 12.2. The minimum absolute atomic E-state index is 0.00165. The second kappa shape index (κ2) is 8.76. The van der Waals surface area contributed by atoms with E-state index in [1.165, 1.54) is 24.1 Å². The van der Waals surface area contributed by atoms with Gasteiger partial charge in [-0.05, 0) is 42.8 Å². The zero-order valence-electron chi connectivity index (χ0n) is 19.2. The number of halogens is 1. The molecular formula is C28H23FN2O4. The molecule has 35 heavy (non-hydrogen) atoms. The number of aromatic nitrogens is 1. The van der Waals surface area contributed by atoms with Crippen LogP contribution in [0, 0.1) is 12.7 Å². The molecule has 1 saturated heterocycles. The molecule has 7 heteroatoms. The number of methoxy groups -OCH3 is 1. The molecule has 176 valence electrons. The first kappa shape index (κ1) is 22.4. The highest BCUT2D eigenvalue weighted by molar-refractivity contribution is 6.46. The summed E-state index contributed by atoms with van der Waals surface area (Å²) in [5.74, 6) is -1.67. The van der Waals surface area contributed by atoms with Gasteiger partial charge in [0.05, 0.1) is 18.7 Å². The number of fused-ring (bicyclic) bond motifs is 1. The third-order valence-corrected chi connectivity index (χ3v) is 6.37. The fraction of sp³-hybridized carbons (Fsp3) is 0.143. The highest BCUT2D eigenvalue weighted by Crippen LogP contribution is 2.44. The molecule has 1 unspecified atom stereocenters. The van der Waals surface area contributed by atoms with Crippen LogP contribution in [0.2, 0.25) is 0 Å². The molecule has 0 saturated carbocycles. The summed E-state index contributed by atoms with van der Waals surface area (Å²) in [6.45, 7) is 1.95. The Morgan fingerprint density at radius 2 is 1.80 bits per heavy atom. The van der Waals surface area contributed by atoms with Crippen LogP contribution in [0.5, 0.6) is 5.75 Å². The van der Waals surface area contributed by atoms with Gasteiger partial charge in [-0.2, -0.15) is 0 Å². The number of rotatable bonds is 5. The molecule has 0 aliphatic carbocycles. The van der Waals surface area contributed by atoms with Gasteiger partial charge in [-0.25, -0.2) is 4.39 Å². The number of aromatic amines is 1. The molecule has 1 fully saturated rings. The monoisotopic (exact) mass is 470 g/mol. The number of hydrogen-bond acceptors (Lipinski definition) is 4. The zero-order chi connectivity index (χ0) is 24.7. The van der Waals surface area contributed by atoms with Gasteiger partial charge in [-0.15, -0.1) is 0 Å². The van der Waals surface area contributed by atoms with Crippen LogP contribution in [0.4, 0.5) is 4.39 Å². The molecule has 3 aromatic carbocycles. The molecule has 1 aliphatic rings. The molecule has 2 N–H and O–H groups in total. The maximum Gasteiger partial charge on any atom is 0.295 e. The van der Waals surface area contributed by atoms with E-state index in [1.807, 2.05) is 31.2 Å². The summed E-state index contributed by atoms with van der Waals surface area (Å²) < 4.78 is 18.8. The number of Topliss-reactive ketones (excluding diaryl/α,β-unsaturated/α-hetero) is 1. The highest BCUT2D eigenvalue weighted by atomic mass is 19.1. The van der Waals surface area contributed by atoms with Crippen LogP contribution in [0.3, 0.4) is 0 Å². The molecule has 1 aromatic heterocycles. The Bertz CT molecular complexity index is 1490. The number of aliphatic hydroxyl groups excluding tert-OH is 1. The third-order valence-electron chi connectivity index (χ3n) is 6.37. The van der Waals surface area contributed by atoms with Crippen LogP contribution >= 0.6 is 0 Å². The summed E-state index contributed by atoms with van der Waals surface area (Å²) >= 11 is 0. The van der Waals surface area contributed by atoms with Crippen molar-refractivity contribution in [3.05, 3.63) is 107 Å². The summed E-state index contributed by atoms with van der Waals surface area (Å²) in [6.07, 6.45) is 0. The fourth-order valence-corrected chi connectivity index (χ4v) is 4.71. The van der Waals surface area contributed by atoms with Crippen LogP contribution < -0.4 is 4.74 Å². The van der Waals surface area contributed by atoms with Crippen molar-refractivity contribution in [2.24, 2.45) is 0 Å². The minimum atomic E-state index is -0.845. The Kier molecular flexibility index (Phi) is 5.61. The third kappa shape index (κ3) is 3.85. The first-order valence-corrected chi connectivity index (χ1v) is 11.1. The number of aryl methyl sites for hydroxylation is 1. The SMILES string of the molecule is COc1cccc(/C(O)=C2\C(=O)C(=O)N(Cc3ccc(F)cc3)C2c2c(C)[nH]c3ccccc23)c1. The van der Waals surface area contributed by atoms with E-state index >= 15 is 0 Å². The Labute approximate surface area is 201 Å². The quantitative estimate of drug-likeness (QED) is 0.237. The molecule has 1 amide bonds. The van der Waals surface area contributed by atoms with Crippen molar-refractivity contribution in [1.82, 2.24) is 9.88 Å². The van der Waals surface area contributed by atoms with Gasteiger partial charge in [-0.3, -0.25) is 9.59 Å². The summed E-state index contributed by atoms with van der Waals surface area (Å²) in [5.41, 5.74) is 3.39. The number of ether oxygens (including phenoxy) is 1. The standard InChI is InChI=1S/C28H23FN2O4/c1-16-23(21-8-3-4-9-22(21)30-16)25-24(26(32)18-6-5-7-20(14-18)35-2)27(33)28(34)31(25)15-17-10-12-19(29)13-11-17/h3-14,25,30,32H,15H2,1-2H3/b26-24+. The number of likely N-dealkylation sites (tertiary alicyclic amines) is 1. The second-order valence-corrected chi connectivity index (χ2v) is 8.49. The number of para-hydroxylation sites is 1. The topological polar surface area (TPSA) is 82.6 Å². The minimum Gasteiger partial charge on any atom is -0.507 e. The molecule has 0 bridgehead atoms. The van der Waals surface area contributed by atoms with Gasteiger partial charge < -0.3 is 19.7 Å².